The standard InChI is InChI=1S/C24H19Cl2F4N5O2S/c25-13-6-16(27)18(32-9-13)23(3-4-23)21(37)35-10-14(7-17(35)19(36)34-22(11-31)1-2-22)38-20-15(26)5-12(8-33-20)24(28,29)30/h5-6,8-9,14,17H,1-4,7,10H2,(H,34,36). The molecule has 1 N–H and O–H groups in total. The van der Waals surface area contributed by atoms with E-state index in [0.29, 0.717) is 31.9 Å². The molecular weight excluding hydrogens is 569 g/mol. The van der Waals surface area contributed by atoms with Gasteiger partial charge in [-0.05, 0) is 44.2 Å². The molecule has 2 aliphatic carbocycles. The van der Waals surface area contributed by atoms with Gasteiger partial charge in [0.2, 0.25) is 11.8 Å². The summed E-state index contributed by atoms with van der Waals surface area (Å²) in [7, 11) is 0. The molecule has 5 rings (SSSR count). The fourth-order valence-electron chi connectivity index (χ4n) is 4.61. The Balaban J connectivity index is 1.41. The summed E-state index contributed by atoms with van der Waals surface area (Å²) in [5.74, 6) is -1.73. The number of nitrogens with one attached hydrogen (secondary N) is 1. The summed E-state index contributed by atoms with van der Waals surface area (Å²) in [6.07, 6.45) is -0.913. The molecule has 38 heavy (non-hydrogen) atoms. The maximum atomic E-state index is 14.8. The van der Waals surface area contributed by atoms with Crippen molar-refractivity contribution >= 4 is 46.8 Å². The van der Waals surface area contributed by atoms with E-state index in [9.17, 15) is 32.4 Å². The molecule has 2 aromatic rings. The Kier molecular flexibility index (Phi) is 6.77. The van der Waals surface area contributed by atoms with E-state index in [2.05, 4.69) is 21.4 Å². The zero-order chi connectivity index (χ0) is 27.5. The lowest BCUT2D eigenvalue weighted by atomic mass is 9.98. The first-order valence-electron chi connectivity index (χ1n) is 11.6. The highest BCUT2D eigenvalue weighted by atomic mass is 35.5. The summed E-state index contributed by atoms with van der Waals surface area (Å²) < 4.78 is 53.8. The smallest absolute Gasteiger partial charge is 0.336 e. The molecular formula is C24H19Cl2F4N5O2S. The van der Waals surface area contributed by atoms with Crippen molar-refractivity contribution in [2.45, 2.75) is 65.6 Å². The molecule has 7 nitrogen and oxygen atoms in total. The van der Waals surface area contributed by atoms with Gasteiger partial charge in [0.15, 0.2) is 0 Å². The average Bonchev–Trinajstić information content (AvgIpc) is 3.77. The minimum Gasteiger partial charge on any atom is -0.336 e. The van der Waals surface area contributed by atoms with Crippen molar-refractivity contribution in [3.05, 3.63) is 51.6 Å². The van der Waals surface area contributed by atoms with E-state index < -0.39 is 51.6 Å². The number of alkyl halides is 3. The fourth-order valence-corrected chi connectivity index (χ4v) is 6.17. The Morgan fingerprint density at radius 1 is 1.16 bits per heavy atom. The van der Waals surface area contributed by atoms with Gasteiger partial charge in [-0.2, -0.15) is 18.4 Å². The van der Waals surface area contributed by atoms with Crippen LogP contribution >= 0.6 is 35.0 Å². The van der Waals surface area contributed by atoms with E-state index in [-0.39, 0.29) is 33.7 Å². The normalized spacial score (nSPS) is 23.0. The Morgan fingerprint density at radius 2 is 1.87 bits per heavy atom. The molecule has 2 unspecified atom stereocenters. The fraction of sp³-hybridized carbons (Fsp3) is 0.458. The first kappa shape index (κ1) is 27.0. The number of rotatable bonds is 6. The first-order valence-corrected chi connectivity index (χ1v) is 13.3. The molecule has 2 saturated carbocycles. The Bertz CT molecular complexity index is 1360. The quantitative estimate of drug-likeness (QED) is 0.482. The van der Waals surface area contributed by atoms with Crippen molar-refractivity contribution in [1.82, 2.24) is 20.2 Å². The van der Waals surface area contributed by atoms with E-state index in [0.717, 1.165) is 23.9 Å². The van der Waals surface area contributed by atoms with Crippen LogP contribution in [0.5, 0.6) is 0 Å². The minimum atomic E-state index is -4.61. The summed E-state index contributed by atoms with van der Waals surface area (Å²) in [4.78, 5) is 36.3. The molecule has 2 atom stereocenters. The van der Waals surface area contributed by atoms with Crippen LogP contribution in [0.4, 0.5) is 17.6 Å². The lowest BCUT2D eigenvalue weighted by molar-refractivity contribution is -0.140. The number of hydrogen-bond donors (Lipinski definition) is 1. The number of aromatic nitrogens is 2. The summed E-state index contributed by atoms with van der Waals surface area (Å²) in [5, 5.41) is 11.7. The molecule has 200 valence electrons. The van der Waals surface area contributed by atoms with Crippen molar-refractivity contribution < 1.29 is 27.2 Å². The monoisotopic (exact) mass is 587 g/mol. The third kappa shape index (κ3) is 5.03. The second-order valence-electron chi connectivity index (χ2n) is 9.71. The number of carbonyl (C=O) groups excluding carboxylic acids is 2. The van der Waals surface area contributed by atoms with Gasteiger partial charge in [0.1, 0.15) is 22.4 Å². The van der Waals surface area contributed by atoms with Crippen molar-refractivity contribution in [1.29, 1.82) is 5.26 Å². The van der Waals surface area contributed by atoms with Crippen LogP contribution in [0.15, 0.2) is 29.6 Å². The number of amides is 2. The maximum absolute atomic E-state index is 14.8. The van der Waals surface area contributed by atoms with Crippen molar-refractivity contribution in [3.63, 3.8) is 0 Å². The second-order valence-corrected chi connectivity index (χ2v) is 11.8. The van der Waals surface area contributed by atoms with Crippen LogP contribution in [0.3, 0.4) is 0 Å². The van der Waals surface area contributed by atoms with Crippen LogP contribution in [0.1, 0.15) is 43.4 Å². The molecule has 14 heteroatoms. The Hall–Kier alpha value is -2.62. The van der Waals surface area contributed by atoms with E-state index in [1.165, 1.54) is 11.1 Å². The van der Waals surface area contributed by atoms with Crippen LogP contribution in [-0.4, -0.2) is 50.1 Å². The second kappa shape index (κ2) is 9.54. The molecule has 0 radical (unpaired) electrons. The third-order valence-electron chi connectivity index (χ3n) is 6.99. The summed E-state index contributed by atoms with van der Waals surface area (Å²) >= 11 is 13.0. The van der Waals surface area contributed by atoms with Gasteiger partial charge in [-0.25, -0.2) is 9.37 Å². The topological polar surface area (TPSA) is 99.0 Å². The first-order chi connectivity index (χ1) is 17.9. The predicted octanol–water partition coefficient (Wildman–Crippen LogP) is 4.91. The third-order valence-corrected chi connectivity index (χ3v) is 8.82. The lowest BCUT2D eigenvalue weighted by Crippen LogP contribution is -2.51. The predicted molar refractivity (Wildman–Crippen MR) is 130 cm³/mol. The summed E-state index contributed by atoms with van der Waals surface area (Å²) in [6, 6.07) is 2.95. The van der Waals surface area contributed by atoms with Gasteiger partial charge in [-0.3, -0.25) is 14.6 Å². The molecule has 3 fully saturated rings. The SMILES string of the molecule is N#CC1(NC(=O)C2CC(Sc3ncc(C(F)(F)F)cc3Cl)CN2C(=O)C2(c3ncc(Cl)cc3F)CC2)CC1. The molecule has 3 aliphatic rings. The molecule has 0 aromatic carbocycles. The van der Waals surface area contributed by atoms with Crippen LogP contribution in [0.25, 0.3) is 0 Å². The average molecular weight is 588 g/mol. The summed E-state index contributed by atoms with van der Waals surface area (Å²) in [6.45, 7) is 0.0388. The maximum Gasteiger partial charge on any atom is 0.417 e. The van der Waals surface area contributed by atoms with E-state index in [4.69, 9.17) is 23.2 Å². The number of nitrogens with zero attached hydrogens (tertiary/aromatic N) is 4. The molecule has 2 aromatic heterocycles. The van der Waals surface area contributed by atoms with Crippen molar-refractivity contribution in [2.75, 3.05) is 6.54 Å². The van der Waals surface area contributed by atoms with Crippen LogP contribution in [0, 0.1) is 17.1 Å². The van der Waals surface area contributed by atoms with E-state index >= 15 is 0 Å². The number of likely N-dealkylation sites (tertiary alicyclic amines) is 1. The largest absolute Gasteiger partial charge is 0.417 e. The van der Waals surface area contributed by atoms with Gasteiger partial charge in [-0.15, -0.1) is 0 Å². The van der Waals surface area contributed by atoms with E-state index in [1.807, 2.05) is 0 Å². The molecule has 3 heterocycles. The van der Waals surface area contributed by atoms with E-state index in [1.54, 1.807) is 0 Å². The Morgan fingerprint density at radius 3 is 2.42 bits per heavy atom. The number of pyridine rings is 2. The number of nitriles is 1. The zero-order valence-corrected chi connectivity index (χ0v) is 21.8. The highest BCUT2D eigenvalue weighted by Crippen LogP contribution is 2.51. The molecule has 1 saturated heterocycles. The van der Waals surface area contributed by atoms with Crippen molar-refractivity contribution in [3.8, 4) is 6.07 Å². The van der Waals surface area contributed by atoms with Crippen LogP contribution < -0.4 is 5.32 Å². The zero-order valence-electron chi connectivity index (χ0n) is 19.5. The highest BCUT2D eigenvalue weighted by Gasteiger charge is 2.59. The molecule has 1 aliphatic heterocycles. The van der Waals surface area contributed by atoms with Crippen molar-refractivity contribution in [2.24, 2.45) is 0 Å². The van der Waals surface area contributed by atoms with Crippen LogP contribution in [0.2, 0.25) is 10.0 Å². The van der Waals surface area contributed by atoms with Gasteiger partial charge in [-0.1, -0.05) is 35.0 Å². The number of hydrogen-bond acceptors (Lipinski definition) is 6. The minimum absolute atomic E-state index is 0.0388. The number of carbonyl (C=O) groups is 2. The number of halogens is 6. The number of thioether (sulfide) groups is 1. The van der Waals surface area contributed by atoms with Gasteiger partial charge in [0.05, 0.1) is 32.8 Å². The van der Waals surface area contributed by atoms with Gasteiger partial charge in [0, 0.05) is 24.2 Å². The molecule has 2 amide bonds. The molecule has 0 bridgehead atoms. The summed E-state index contributed by atoms with van der Waals surface area (Å²) in [5.41, 5.74) is -3.27. The highest BCUT2D eigenvalue weighted by molar-refractivity contribution is 8.00. The Labute approximate surface area is 228 Å². The van der Waals surface area contributed by atoms with Gasteiger partial charge >= 0.3 is 6.18 Å². The van der Waals surface area contributed by atoms with Crippen LogP contribution in [-0.2, 0) is 21.2 Å². The lowest BCUT2D eigenvalue weighted by Gasteiger charge is -2.28. The van der Waals surface area contributed by atoms with Gasteiger partial charge in [0.25, 0.3) is 0 Å². The molecule has 0 spiro atoms. The van der Waals surface area contributed by atoms with Gasteiger partial charge < -0.3 is 10.2 Å².